The van der Waals surface area contributed by atoms with Gasteiger partial charge in [-0.3, -0.25) is 4.79 Å². The summed E-state index contributed by atoms with van der Waals surface area (Å²) in [7, 11) is 2.94. The topological polar surface area (TPSA) is 121 Å². The van der Waals surface area contributed by atoms with E-state index in [0.717, 1.165) is 17.0 Å². The molecule has 0 atom stereocenters. The van der Waals surface area contributed by atoms with Gasteiger partial charge in [0.2, 0.25) is 11.8 Å². The standard InChI is InChI=1S/C19H18N4O4.C8H13NO.C2H6/c1-12-6-8-13(9-7-12)21-18(24)17-14(5-4-10-20-17)27-19-22-15(25-2)11-16(23-19)26-3;1-6-5-7(10-9-6)8(2,3)4;1-2/h4-11H,1-3H3,(H,21,24);5H,1-4H3;1-2H3. The molecule has 0 radical (unpaired) electrons. The number of aryl methyl sites for hydroxylation is 2. The maximum Gasteiger partial charge on any atom is 0.328 e. The SMILES string of the molecule is CC.COc1cc(OC)nc(Oc2cccnc2C(=O)Nc2ccc(C)cc2)n1.Cc1cc(C(C)(C)C)on1. The number of pyridine rings is 1. The van der Waals surface area contributed by atoms with E-state index >= 15 is 0 Å². The molecule has 4 rings (SSSR count). The Balaban J connectivity index is 0.000000372. The summed E-state index contributed by atoms with van der Waals surface area (Å²) in [6, 6.07) is 14.1. The maximum absolute atomic E-state index is 12.6. The third kappa shape index (κ3) is 9.41. The Morgan fingerprint density at radius 2 is 1.54 bits per heavy atom. The Hall–Kier alpha value is -4.47. The predicted octanol–water partition coefficient (Wildman–Crippen LogP) is 6.55. The van der Waals surface area contributed by atoms with Crippen LogP contribution in [-0.4, -0.2) is 40.2 Å². The van der Waals surface area contributed by atoms with Gasteiger partial charge in [-0.05, 0) is 38.1 Å². The zero-order valence-corrected chi connectivity index (χ0v) is 24.0. The van der Waals surface area contributed by atoms with Gasteiger partial charge < -0.3 is 24.1 Å². The molecule has 1 aromatic carbocycles. The number of amides is 1. The molecule has 4 aromatic rings. The Labute approximate surface area is 229 Å². The summed E-state index contributed by atoms with van der Waals surface area (Å²) in [5.41, 5.74) is 2.88. The van der Waals surface area contributed by atoms with Gasteiger partial charge in [0.1, 0.15) is 5.76 Å². The summed E-state index contributed by atoms with van der Waals surface area (Å²) in [5, 5.41) is 6.59. The van der Waals surface area contributed by atoms with E-state index in [1.54, 1.807) is 12.1 Å². The third-order valence-electron chi connectivity index (χ3n) is 4.94. The van der Waals surface area contributed by atoms with Crippen molar-refractivity contribution in [3.8, 4) is 23.5 Å². The lowest BCUT2D eigenvalue weighted by Crippen LogP contribution is -2.15. The molecule has 39 heavy (non-hydrogen) atoms. The van der Waals surface area contributed by atoms with Crippen LogP contribution in [0.5, 0.6) is 23.5 Å². The van der Waals surface area contributed by atoms with E-state index in [9.17, 15) is 4.79 Å². The van der Waals surface area contributed by atoms with Crippen molar-refractivity contribution in [2.24, 2.45) is 0 Å². The van der Waals surface area contributed by atoms with E-state index < -0.39 is 5.91 Å². The third-order valence-corrected chi connectivity index (χ3v) is 4.94. The van der Waals surface area contributed by atoms with Crippen LogP contribution in [-0.2, 0) is 5.41 Å². The van der Waals surface area contributed by atoms with Crippen molar-refractivity contribution < 1.29 is 23.5 Å². The number of hydrogen-bond acceptors (Lipinski definition) is 9. The Morgan fingerprint density at radius 3 is 2.03 bits per heavy atom. The first-order chi connectivity index (χ1) is 18.6. The summed E-state index contributed by atoms with van der Waals surface area (Å²) in [6.07, 6.45) is 1.50. The molecular formula is C29H37N5O5. The normalized spacial score (nSPS) is 10.3. The molecule has 208 valence electrons. The van der Waals surface area contributed by atoms with Crippen LogP contribution in [0.25, 0.3) is 0 Å². The summed E-state index contributed by atoms with van der Waals surface area (Å²) < 4.78 is 20.9. The van der Waals surface area contributed by atoms with Gasteiger partial charge >= 0.3 is 6.01 Å². The molecule has 3 aromatic heterocycles. The maximum atomic E-state index is 12.6. The van der Waals surface area contributed by atoms with Crippen LogP contribution in [0.15, 0.2) is 59.3 Å². The van der Waals surface area contributed by atoms with Crippen LogP contribution < -0.4 is 19.5 Å². The number of nitrogens with one attached hydrogen (secondary N) is 1. The van der Waals surface area contributed by atoms with Gasteiger partial charge in [0.25, 0.3) is 5.91 Å². The van der Waals surface area contributed by atoms with Crippen molar-refractivity contribution >= 4 is 11.6 Å². The molecule has 10 heteroatoms. The Morgan fingerprint density at radius 1 is 0.923 bits per heavy atom. The van der Waals surface area contributed by atoms with Crippen molar-refractivity contribution in [1.82, 2.24) is 20.1 Å². The zero-order chi connectivity index (χ0) is 29.0. The van der Waals surface area contributed by atoms with Crippen LogP contribution in [0.3, 0.4) is 0 Å². The van der Waals surface area contributed by atoms with E-state index in [4.69, 9.17) is 18.7 Å². The minimum Gasteiger partial charge on any atom is -0.481 e. The number of hydrogen-bond donors (Lipinski definition) is 1. The van der Waals surface area contributed by atoms with Gasteiger partial charge in [0.15, 0.2) is 11.4 Å². The van der Waals surface area contributed by atoms with E-state index in [1.807, 2.05) is 58.0 Å². The quantitative estimate of drug-likeness (QED) is 0.293. The minimum absolute atomic E-state index is 0.0245. The lowest BCUT2D eigenvalue weighted by atomic mass is 9.93. The summed E-state index contributed by atoms with van der Waals surface area (Å²) >= 11 is 0. The molecule has 0 saturated heterocycles. The van der Waals surface area contributed by atoms with Gasteiger partial charge in [-0.2, -0.15) is 9.97 Å². The summed E-state index contributed by atoms with van der Waals surface area (Å²) in [6.45, 7) is 14.2. The molecular weight excluding hydrogens is 498 g/mol. The lowest BCUT2D eigenvalue weighted by molar-refractivity contribution is 0.101. The predicted molar refractivity (Wildman–Crippen MR) is 150 cm³/mol. The highest BCUT2D eigenvalue weighted by molar-refractivity contribution is 6.04. The first-order valence-corrected chi connectivity index (χ1v) is 12.5. The number of carbonyl (C=O) groups is 1. The summed E-state index contributed by atoms with van der Waals surface area (Å²) in [4.78, 5) is 24.9. The van der Waals surface area contributed by atoms with Crippen molar-refractivity contribution in [3.63, 3.8) is 0 Å². The van der Waals surface area contributed by atoms with Crippen LogP contribution in [0.2, 0.25) is 0 Å². The number of anilines is 1. The molecule has 10 nitrogen and oxygen atoms in total. The first kappa shape index (κ1) is 30.8. The number of ether oxygens (including phenoxy) is 3. The molecule has 3 heterocycles. The number of carbonyl (C=O) groups excluding carboxylic acids is 1. The molecule has 0 aliphatic heterocycles. The Kier molecular flexibility index (Phi) is 11.4. The number of benzene rings is 1. The highest BCUT2D eigenvalue weighted by atomic mass is 16.5. The van der Waals surface area contributed by atoms with E-state index in [1.165, 1.54) is 26.5 Å². The average Bonchev–Trinajstić information content (AvgIpc) is 3.38. The van der Waals surface area contributed by atoms with Crippen molar-refractivity contribution in [2.45, 2.75) is 53.9 Å². The molecule has 0 unspecified atom stereocenters. The van der Waals surface area contributed by atoms with Gasteiger partial charge in [0, 0.05) is 23.4 Å². The van der Waals surface area contributed by atoms with Gasteiger partial charge in [0.05, 0.1) is 26.0 Å². The van der Waals surface area contributed by atoms with Crippen molar-refractivity contribution in [2.75, 3.05) is 19.5 Å². The van der Waals surface area contributed by atoms with Crippen LogP contribution in [0, 0.1) is 13.8 Å². The highest BCUT2D eigenvalue weighted by Crippen LogP contribution is 2.26. The smallest absolute Gasteiger partial charge is 0.328 e. The fourth-order valence-electron chi connectivity index (χ4n) is 2.92. The molecule has 0 saturated carbocycles. The second-order valence-corrected chi connectivity index (χ2v) is 9.09. The molecule has 0 spiro atoms. The molecule has 1 amide bonds. The summed E-state index contributed by atoms with van der Waals surface area (Å²) in [5.74, 6) is 1.28. The highest BCUT2D eigenvalue weighted by Gasteiger charge is 2.18. The van der Waals surface area contributed by atoms with Crippen LogP contribution in [0.1, 0.15) is 62.1 Å². The fourth-order valence-corrected chi connectivity index (χ4v) is 2.92. The molecule has 0 aliphatic rings. The van der Waals surface area contributed by atoms with Gasteiger partial charge in [-0.1, -0.05) is 57.5 Å². The monoisotopic (exact) mass is 535 g/mol. The molecule has 0 bridgehead atoms. The van der Waals surface area contributed by atoms with Crippen molar-refractivity contribution in [1.29, 1.82) is 0 Å². The lowest BCUT2D eigenvalue weighted by Gasteiger charge is -2.11. The van der Waals surface area contributed by atoms with E-state index in [0.29, 0.717) is 5.69 Å². The largest absolute Gasteiger partial charge is 0.481 e. The number of aromatic nitrogens is 4. The first-order valence-electron chi connectivity index (χ1n) is 12.5. The molecule has 0 aliphatic carbocycles. The molecule has 1 N–H and O–H groups in total. The zero-order valence-electron chi connectivity index (χ0n) is 24.0. The number of rotatable bonds is 6. The van der Waals surface area contributed by atoms with Gasteiger partial charge in [-0.25, -0.2) is 4.98 Å². The van der Waals surface area contributed by atoms with E-state index in [2.05, 4.69) is 46.2 Å². The van der Waals surface area contributed by atoms with Gasteiger partial charge in [-0.15, -0.1) is 0 Å². The van der Waals surface area contributed by atoms with Crippen LogP contribution >= 0.6 is 0 Å². The second kappa shape index (κ2) is 14.5. The van der Waals surface area contributed by atoms with Crippen LogP contribution in [0.4, 0.5) is 5.69 Å². The average molecular weight is 536 g/mol. The fraction of sp³-hybridized carbons (Fsp3) is 0.345. The minimum atomic E-state index is -0.413. The second-order valence-electron chi connectivity index (χ2n) is 9.09. The number of nitrogens with zero attached hydrogens (tertiary/aromatic N) is 4. The number of methoxy groups -OCH3 is 2. The van der Waals surface area contributed by atoms with E-state index in [-0.39, 0.29) is 34.6 Å². The van der Waals surface area contributed by atoms with Crippen molar-refractivity contribution in [3.05, 3.63) is 77.4 Å². The Bertz CT molecular complexity index is 1310. The molecule has 0 fully saturated rings.